The monoisotopic (exact) mass is 640 g/mol. The molecule has 9 rings (SSSR count). The third-order valence-corrected chi connectivity index (χ3v) is 10.7. The number of para-hydroxylation sites is 4. The Morgan fingerprint density at radius 2 is 1.00 bits per heavy atom. The second-order valence-corrected chi connectivity index (χ2v) is 13.6. The van der Waals surface area contributed by atoms with Crippen molar-refractivity contribution in [3.8, 4) is 11.5 Å². The largest absolute Gasteiger partial charge is 0.453 e. The molecular formula is C42H28N2OS2. The predicted molar refractivity (Wildman–Crippen MR) is 199 cm³/mol. The first-order valence-electron chi connectivity index (χ1n) is 15.6. The molecule has 0 amide bonds. The van der Waals surface area contributed by atoms with E-state index in [-0.39, 0.29) is 0 Å². The summed E-state index contributed by atoms with van der Waals surface area (Å²) in [6.45, 7) is 0. The van der Waals surface area contributed by atoms with Crippen molar-refractivity contribution in [3.05, 3.63) is 170 Å². The lowest BCUT2D eigenvalue weighted by molar-refractivity contribution is 0.456. The summed E-state index contributed by atoms with van der Waals surface area (Å²) >= 11 is 3.59. The highest BCUT2D eigenvalue weighted by atomic mass is 32.2. The molecule has 1 aromatic heterocycles. The van der Waals surface area contributed by atoms with Gasteiger partial charge in [-0.1, -0.05) is 103 Å². The average Bonchev–Trinajstić information content (AvgIpc) is 3.50. The minimum absolute atomic E-state index is 0.846. The van der Waals surface area contributed by atoms with Gasteiger partial charge in [-0.3, -0.25) is 0 Å². The third kappa shape index (κ3) is 5.01. The molecule has 47 heavy (non-hydrogen) atoms. The van der Waals surface area contributed by atoms with Crippen molar-refractivity contribution >= 4 is 77.4 Å². The lowest BCUT2D eigenvalue weighted by atomic mass is 10.1. The first-order valence-corrected chi connectivity index (χ1v) is 17.2. The second-order valence-electron chi connectivity index (χ2n) is 11.4. The first kappa shape index (κ1) is 27.8. The zero-order valence-corrected chi connectivity index (χ0v) is 26.9. The van der Waals surface area contributed by atoms with Crippen molar-refractivity contribution in [1.82, 2.24) is 0 Å². The molecule has 0 radical (unpaired) electrons. The Bertz CT molecular complexity index is 2330. The number of benzene rings is 7. The lowest BCUT2D eigenvalue weighted by Crippen LogP contribution is -2.15. The lowest BCUT2D eigenvalue weighted by Gasteiger charge is -2.33. The molecule has 2 heterocycles. The topological polar surface area (TPSA) is 15.7 Å². The summed E-state index contributed by atoms with van der Waals surface area (Å²) in [7, 11) is 0. The Labute approximate surface area is 281 Å². The molecule has 0 saturated carbocycles. The van der Waals surface area contributed by atoms with Crippen LogP contribution < -0.4 is 14.5 Å². The van der Waals surface area contributed by atoms with Crippen molar-refractivity contribution in [1.29, 1.82) is 0 Å². The molecular weight excluding hydrogens is 613 g/mol. The van der Waals surface area contributed by atoms with E-state index < -0.39 is 0 Å². The Kier molecular flexibility index (Phi) is 6.92. The summed E-state index contributed by atoms with van der Waals surface area (Å²) in [6, 6.07) is 60.1. The Morgan fingerprint density at radius 1 is 0.404 bits per heavy atom. The molecule has 7 aromatic carbocycles. The second kappa shape index (κ2) is 11.7. The van der Waals surface area contributed by atoms with Crippen LogP contribution in [-0.4, -0.2) is 0 Å². The van der Waals surface area contributed by atoms with E-state index in [1.54, 1.807) is 11.8 Å². The zero-order chi connectivity index (χ0) is 31.2. The molecule has 0 spiro atoms. The van der Waals surface area contributed by atoms with Crippen molar-refractivity contribution in [3.63, 3.8) is 0 Å². The van der Waals surface area contributed by atoms with Crippen LogP contribution in [-0.2, 0) is 0 Å². The van der Waals surface area contributed by atoms with Gasteiger partial charge in [0.05, 0.1) is 15.5 Å². The fraction of sp³-hybridized carbons (Fsp3) is 0. The normalized spacial score (nSPS) is 11.9. The molecule has 5 heteroatoms. The van der Waals surface area contributed by atoms with E-state index in [1.165, 1.54) is 20.2 Å². The van der Waals surface area contributed by atoms with Crippen molar-refractivity contribution < 1.29 is 4.74 Å². The number of rotatable bonds is 6. The van der Waals surface area contributed by atoms with Gasteiger partial charge in [0.25, 0.3) is 0 Å². The maximum absolute atomic E-state index is 6.84. The Morgan fingerprint density at radius 3 is 1.72 bits per heavy atom. The smallest absolute Gasteiger partial charge is 0.165 e. The van der Waals surface area contributed by atoms with Crippen molar-refractivity contribution in [2.75, 3.05) is 9.80 Å². The molecule has 0 N–H and O–H groups in total. The summed E-state index contributed by atoms with van der Waals surface area (Å²) < 4.78 is 9.39. The molecule has 0 fully saturated rings. The fourth-order valence-electron chi connectivity index (χ4n) is 6.35. The van der Waals surface area contributed by atoms with Gasteiger partial charge in [-0.25, -0.2) is 0 Å². The average molecular weight is 641 g/mol. The summed E-state index contributed by atoms with van der Waals surface area (Å²) in [5.74, 6) is 1.72. The van der Waals surface area contributed by atoms with E-state index >= 15 is 0 Å². The summed E-state index contributed by atoms with van der Waals surface area (Å²) in [5, 5.41) is 2.57. The van der Waals surface area contributed by atoms with Crippen LogP contribution in [0.25, 0.3) is 20.2 Å². The van der Waals surface area contributed by atoms with Gasteiger partial charge < -0.3 is 14.5 Å². The summed E-state index contributed by atoms with van der Waals surface area (Å²) in [4.78, 5) is 6.84. The van der Waals surface area contributed by atoms with E-state index in [0.717, 1.165) is 55.4 Å². The minimum Gasteiger partial charge on any atom is -0.453 e. The van der Waals surface area contributed by atoms with Crippen molar-refractivity contribution in [2.45, 2.75) is 9.79 Å². The van der Waals surface area contributed by atoms with Crippen LogP contribution in [0.1, 0.15) is 0 Å². The van der Waals surface area contributed by atoms with Gasteiger partial charge in [-0.2, -0.15) is 0 Å². The number of anilines is 6. The fourth-order valence-corrected chi connectivity index (χ4v) is 8.51. The molecule has 0 saturated heterocycles. The quantitative estimate of drug-likeness (QED) is 0.180. The third-order valence-electron chi connectivity index (χ3n) is 8.46. The summed E-state index contributed by atoms with van der Waals surface area (Å²) in [5.41, 5.74) is 6.34. The minimum atomic E-state index is 0.846. The van der Waals surface area contributed by atoms with Gasteiger partial charge in [0.15, 0.2) is 5.75 Å². The SMILES string of the molecule is c1ccc(N(c2ccccc2)c2cc3c(c(N(c4ccccc4)c4ccc5c(c4)sc4ccccc45)c2)Oc2ccccc2S3)cc1. The molecule has 3 nitrogen and oxygen atoms in total. The van der Waals surface area contributed by atoms with Crippen LogP contribution in [0.4, 0.5) is 34.1 Å². The Hall–Kier alpha value is -5.49. The molecule has 224 valence electrons. The van der Waals surface area contributed by atoms with Crippen LogP contribution in [0.2, 0.25) is 0 Å². The van der Waals surface area contributed by atoms with E-state index in [2.05, 4.69) is 174 Å². The number of hydrogen-bond acceptors (Lipinski definition) is 5. The number of fused-ring (bicyclic) bond motifs is 5. The van der Waals surface area contributed by atoms with Crippen LogP contribution in [0, 0.1) is 0 Å². The van der Waals surface area contributed by atoms with Gasteiger partial charge in [-0.15, -0.1) is 11.3 Å². The van der Waals surface area contributed by atoms with Crippen molar-refractivity contribution in [2.24, 2.45) is 0 Å². The number of ether oxygens (including phenoxy) is 1. The number of thiophene rings is 1. The highest BCUT2D eigenvalue weighted by Crippen LogP contribution is 2.56. The highest BCUT2D eigenvalue weighted by molar-refractivity contribution is 7.99. The summed E-state index contributed by atoms with van der Waals surface area (Å²) in [6.07, 6.45) is 0. The molecule has 0 aliphatic carbocycles. The highest BCUT2D eigenvalue weighted by Gasteiger charge is 2.28. The van der Waals surface area contributed by atoms with E-state index in [0.29, 0.717) is 0 Å². The molecule has 0 bridgehead atoms. The zero-order valence-electron chi connectivity index (χ0n) is 25.3. The molecule has 0 atom stereocenters. The molecule has 0 unspecified atom stereocenters. The molecule has 1 aliphatic heterocycles. The van der Waals surface area contributed by atoms with E-state index in [9.17, 15) is 0 Å². The molecule has 8 aromatic rings. The van der Waals surface area contributed by atoms with Gasteiger partial charge in [0, 0.05) is 48.6 Å². The Balaban J connectivity index is 1.31. The van der Waals surface area contributed by atoms with Gasteiger partial charge in [0.1, 0.15) is 5.75 Å². The van der Waals surface area contributed by atoms with Crippen LogP contribution in [0.3, 0.4) is 0 Å². The number of hydrogen-bond donors (Lipinski definition) is 0. The van der Waals surface area contributed by atoms with Crippen LogP contribution >= 0.6 is 23.1 Å². The van der Waals surface area contributed by atoms with Gasteiger partial charge in [0.2, 0.25) is 0 Å². The van der Waals surface area contributed by atoms with Crippen LogP contribution in [0.15, 0.2) is 180 Å². The number of nitrogens with zero attached hydrogens (tertiary/aromatic N) is 2. The van der Waals surface area contributed by atoms with E-state index in [1.807, 2.05) is 17.4 Å². The first-order chi connectivity index (χ1) is 23.3. The predicted octanol–water partition coefficient (Wildman–Crippen LogP) is 13.3. The maximum Gasteiger partial charge on any atom is 0.165 e. The molecule has 1 aliphatic rings. The van der Waals surface area contributed by atoms with Gasteiger partial charge in [-0.05, 0) is 78.9 Å². The van der Waals surface area contributed by atoms with Gasteiger partial charge >= 0.3 is 0 Å². The maximum atomic E-state index is 6.84. The van der Waals surface area contributed by atoms with E-state index in [4.69, 9.17) is 4.74 Å². The standard InChI is InChI=1S/C42H28N2OS2/c1-4-14-29(15-5-1)43(30-16-6-2-7-17-30)33-26-36(42-41(28-33)47-39-23-13-11-21-37(39)45-42)44(31-18-8-3-9-19-31)32-24-25-35-34-20-10-12-22-38(34)46-40(35)27-32/h1-28H. The van der Waals surface area contributed by atoms with Crippen LogP contribution in [0.5, 0.6) is 11.5 Å².